The average Bonchev–Trinajstić information content (AvgIpc) is 2.95. The van der Waals surface area contributed by atoms with Gasteiger partial charge in [-0.1, -0.05) is 44.0 Å². The van der Waals surface area contributed by atoms with E-state index >= 15 is 0 Å². The van der Waals surface area contributed by atoms with Gasteiger partial charge in [-0.05, 0) is 42.0 Å². The Kier molecular flexibility index (Phi) is 5.23. The van der Waals surface area contributed by atoms with Crippen molar-refractivity contribution in [3.8, 4) is 0 Å². The van der Waals surface area contributed by atoms with Crippen molar-refractivity contribution >= 4 is 43.6 Å². The van der Waals surface area contributed by atoms with Crippen molar-refractivity contribution < 1.29 is 4.74 Å². The number of halogens is 2. The van der Waals surface area contributed by atoms with Crippen LogP contribution in [0.4, 0.5) is 5.69 Å². The normalized spacial score (nSPS) is 16.8. The van der Waals surface area contributed by atoms with E-state index in [1.807, 2.05) is 12.1 Å². The summed E-state index contributed by atoms with van der Waals surface area (Å²) in [7, 11) is 0. The molecule has 0 radical (unpaired) electrons. The lowest BCUT2D eigenvalue weighted by Crippen LogP contribution is -2.32. The molecule has 0 saturated carbocycles. The third-order valence-corrected chi connectivity index (χ3v) is 4.70. The molecule has 0 amide bonds. The number of ether oxygens (including phenoxy) is 1. The molecule has 3 rings (SSSR count). The number of nitrogens with zero attached hydrogens (tertiary/aromatic N) is 2. The molecule has 2 aromatic carbocycles. The molecular weight excluding hydrogens is 422 g/mol. The molecule has 2 N–H and O–H groups in total. The summed E-state index contributed by atoms with van der Waals surface area (Å²) in [5, 5.41) is 0. The van der Waals surface area contributed by atoms with E-state index in [-0.39, 0.29) is 12.1 Å². The van der Waals surface area contributed by atoms with Gasteiger partial charge in [0.25, 0.3) is 6.02 Å². The number of nitrogens with two attached hydrogens (primary N) is 1. The lowest BCUT2D eigenvalue weighted by atomic mass is 10.1. The van der Waals surface area contributed by atoms with E-state index in [1.165, 1.54) is 5.56 Å². The monoisotopic (exact) mass is 437 g/mol. The van der Waals surface area contributed by atoms with Crippen LogP contribution < -0.4 is 10.6 Å². The highest BCUT2D eigenvalue weighted by Crippen LogP contribution is 2.22. The second-order valence-electron chi connectivity index (χ2n) is 5.42. The first-order valence-electron chi connectivity index (χ1n) is 7.31. The Balaban J connectivity index is 1.80. The van der Waals surface area contributed by atoms with E-state index in [0.717, 1.165) is 27.7 Å². The number of amidine groups is 1. The molecule has 0 aliphatic carbocycles. The lowest BCUT2D eigenvalue weighted by Gasteiger charge is -2.26. The van der Waals surface area contributed by atoms with Crippen LogP contribution in [0.25, 0.3) is 0 Å². The Bertz CT molecular complexity index is 686. The zero-order chi connectivity index (χ0) is 16.2. The third kappa shape index (κ3) is 4.48. The minimum absolute atomic E-state index is 0.0640. The Morgan fingerprint density at radius 1 is 1.04 bits per heavy atom. The van der Waals surface area contributed by atoms with Crippen LogP contribution in [0.15, 0.2) is 62.5 Å². The maximum atomic E-state index is 5.63. The largest absolute Gasteiger partial charge is 0.463 e. The molecular formula is C17H17Br2N3O. The topological polar surface area (TPSA) is 50.8 Å². The molecule has 1 heterocycles. The number of benzene rings is 2. The molecule has 1 unspecified atom stereocenters. The predicted octanol–water partition coefficient (Wildman–Crippen LogP) is 3.93. The van der Waals surface area contributed by atoms with Crippen LogP contribution in [0.3, 0.4) is 0 Å². The zero-order valence-corrected chi connectivity index (χ0v) is 15.6. The van der Waals surface area contributed by atoms with Crippen molar-refractivity contribution in [2.75, 3.05) is 18.1 Å². The fraction of sp³-hybridized carbons (Fsp3) is 0.235. The summed E-state index contributed by atoms with van der Waals surface area (Å²) in [6.45, 7) is 2.11. The SMILES string of the molecule is NC1=NC(CN(Cc2ccc(Br)cc2)c2ccc(Br)cc2)CO1. The van der Waals surface area contributed by atoms with Crippen LogP contribution in [0.5, 0.6) is 0 Å². The van der Waals surface area contributed by atoms with Gasteiger partial charge in [0.2, 0.25) is 0 Å². The second kappa shape index (κ2) is 7.36. The van der Waals surface area contributed by atoms with Gasteiger partial charge in [0.15, 0.2) is 0 Å². The molecule has 0 bridgehead atoms. The van der Waals surface area contributed by atoms with Crippen molar-refractivity contribution in [3.05, 3.63) is 63.0 Å². The number of hydrogen-bond acceptors (Lipinski definition) is 4. The predicted molar refractivity (Wildman–Crippen MR) is 101 cm³/mol. The van der Waals surface area contributed by atoms with Gasteiger partial charge < -0.3 is 15.4 Å². The van der Waals surface area contributed by atoms with Gasteiger partial charge in [0.1, 0.15) is 12.6 Å². The van der Waals surface area contributed by atoms with Gasteiger partial charge in [-0.2, -0.15) is 0 Å². The molecule has 6 heteroatoms. The minimum Gasteiger partial charge on any atom is -0.463 e. The van der Waals surface area contributed by atoms with Crippen molar-refractivity contribution in [1.82, 2.24) is 0 Å². The highest BCUT2D eigenvalue weighted by Gasteiger charge is 2.20. The van der Waals surface area contributed by atoms with Crippen LogP contribution >= 0.6 is 31.9 Å². The third-order valence-electron chi connectivity index (χ3n) is 3.64. The highest BCUT2D eigenvalue weighted by atomic mass is 79.9. The fourth-order valence-corrected chi connectivity index (χ4v) is 3.04. The van der Waals surface area contributed by atoms with Gasteiger partial charge in [-0.15, -0.1) is 0 Å². The first kappa shape index (κ1) is 16.3. The number of hydrogen-bond donors (Lipinski definition) is 1. The van der Waals surface area contributed by atoms with Crippen LogP contribution in [0, 0.1) is 0 Å². The van der Waals surface area contributed by atoms with Gasteiger partial charge in [0.05, 0.1) is 0 Å². The maximum Gasteiger partial charge on any atom is 0.282 e. The summed E-state index contributed by atoms with van der Waals surface area (Å²) in [4.78, 5) is 6.64. The summed E-state index contributed by atoms with van der Waals surface area (Å²) < 4.78 is 7.42. The van der Waals surface area contributed by atoms with Crippen molar-refractivity contribution in [2.45, 2.75) is 12.6 Å². The van der Waals surface area contributed by atoms with Crippen LogP contribution in [-0.2, 0) is 11.3 Å². The van der Waals surface area contributed by atoms with Crippen molar-refractivity contribution in [1.29, 1.82) is 0 Å². The molecule has 0 spiro atoms. The van der Waals surface area contributed by atoms with Gasteiger partial charge in [-0.25, -0.2) is 4.99 Å². The highest BCUT2D eigenvalue weighted by molar-refractivity contribution is 9.10. The fourth-order valence-electron chi connectivity index (χ4n) is 2.51. The van der Waals surface area contributed by atoms with E-state index in [9.17, 15) is 0 Å². The quantitative estimate of drug-likeness (QED) is 0.769. The number of aliphatic imine (C=N–C) groups is 1. The summed E-state index contributed by atoms with van der Waals surface area (Å²) >= 11 is 6.96. The number of rotatable bonds is 5. The zero-order valence-electron chi connectivity index (χ0n) is 12.5. The standard InChI is InChI=1S/C17H17Br2N3O/c18-13-3-1-12(2-4-13)9-22(10-15-11-23-17(20)21-15)16-7-5-14(19)6-8-16/h1-8,15H,9-11H2,(H2,20,21). The summed E-state index contributed by atoms with van der Waals surface area (Å²) in [5.41, 5.74) is 8.02. The molecule has 2 aromatic rings. The summed E-state index contributed by atoms with van der Waals surface area (Å²) in [6.07, 6.45) is 0. The van der Waals surface area contributed by atoms with Gasteiger partial charge >= 0.3 is 0 Å². The molecule has 120 valence electrons. The molecule has 0 saturated heterocycles. The van der Waals surface area contributed by atoms with Crippen LogP contribution in [-0.4, -0.2) is 25.2 Å². The first-order valence-corrected chi connectivity index (χ1v) is 8.90. The minimum atomic E-state index is 0.0640. The van der Waals surface area contributed by atoms with Crippen molar-refractivity contribution in [3.63, 3.8) is 0 Å². The van der Waals surface area contributed by atoms with Gasteiger partial charge in [0, 0.05) is 27.7 Å². The van der Waals surface area contributed by atoms with E-state index in [0.29, 0.717) is 6.61 Å². The molecule has 1 atom stereocenters. The summed E-state index contributed by atoms with van der Waals surface area (Å²) in [6, 6.07) is 17.0. The molecule has 0 aromatic heterocycles. The Morgan fingerprint density at radius 2 is 1.65 bits per heavy atom. The van der Waals surface area contributed by atoms with Crippen LogP contribution in [0.2, 0.25) is 0 Å². The molecule has 1 aliphatic heterocycles. The second-order valence-corrected chi connectivity index (χ2v) is 7.25. The maximum absolute atomic E-state index is 5.63. The molecule has 23 heavy (non-hydrogen) atoms. The smallest absolute Gasteiger partial charge is 0.282 e. The van der Waals surface area contributed by atoms with E-state index in [2.05, 4.69) is 78.2 Å². The summed E-state index contributed by atoms with van der Waals surface area (Å²) in [5.74, 6) is 0. The average molecular weight is 439 g/mol. The van der Waals surface area contributed by atoms with Gasteiger partial charge in [-0.3, -0.25) is 0 Å². The first-order chi connectivity index (χ1) is 11.1. The van der Waals surface area contributed by atoms with E-state index in [4.69, 9.17) is 10.5 Å². The molecule has 1 aliphatic rings. The molecule has 0 fully saturated rings. The van der Waals surface area contributed by atoms with Crippen LogP contribution in [0.1, 0.15) is 5.56 Å². The lowest BCUT2D eigenvalue weighted by molar-refractivity contribution is 0.313. The van der Waals surface area contributed by atoms with E-state index in [1.54, 1.807) is 0 Å². The Hall–Kier alpha value is -1.53. The van der Waals surface area contributed by atoms with Crippen molar-refractivity contribution in [2.24, 2.45) is 10.7 Å². The van der Waals surface area contributed by atoms with E-state index < -0.39 is 0 Å². The number of anilines is 1. The Labute approximate surface area is 152 Å². The Morgan fingerprint density at radius 3 is 2.22 bits per heavy atom. The molecule has 4 nitrogen and oxygen atoms in total.